The number of hydrogen-bond donors (Lipinski definition) is 1. The van der Waals surface area contributed by atoms with Crippen molar-refractivity contribution in [3.63, 3.8) is 0 Å². The van der Waals surface area contributed by atoms with E-state index in [0.717, 1.165) is 27.8 Å². The zero-order chi connectivity index (χ0) is 22.8. The Kier molecular flexibility index (Phi) is 5.59. The Labute approximate surface area is 184 Å². The molecule has 8 heteroatoms. The molecule has 3 aromatic carbocycles. The predicted octanol–water partition coefficient (Wildman–Crippen LogP) is 5.67. The quantitative estimate of drug-likeness (QED) is 0.311. The summed E-state index contributed by atoms with van der Waals surface area (Å²) in [6.45, 7) is 6.01. The van der Waals surface area contributed by atoms with E-state index in [2.05, 4.69) is 10.3 Å². The third-order valence-electron chi connectivity index (χ3n) is 4.93. The van der Waals surface area contributed by atoms with Crippen LogP contribution >= 0.6 is 0 Å². The molecular formula is C24H21N3O5. The number of benzene rings is 3. The second-order valence-electron chi connectivity index (χ2n) is 7.35. The molecule has 1 amide bonds. The number of aryl methyl sites for hydroxylation is 2. The van der Waals surface area contributed by atoms with Crippen LogP contribution in [0, 0.1) is 24.0 Å². The van der Waals surface area contributed by atoms with Crippen molar-refractivity contribution in [3.8, 4) is 17.2 Å². The van der Waals surface area contributed by atoms with Crippen LogP contribution in [0.3, 0.4) is 0 Å². The number of aromatic nitrogens is 1. The molecule has 0 aliphatic carbocycles. The number of fused-ring (bicyclic) bond motifs is 1. The lowest BCUT2D eigenvalue weighted by molar-refractivity contribution is -0.385. The fraction of sp³-hybridized carbons (Fsp3) is 0.167. The van der Waals surface area contributed by atoms with Gasteiger partial charge < -0.3 is 14.5 Å². The summed E-state index contributed by atoms with van der Waals surface area (Å²) in [7, 11) is 0. The number of nitro benzene ring substituents is 1. The van der Waals surface area contributed by atoms with Gasteiger partial charge in [0.05, 0.1) is 11.5 Å². The molecular weight excluding hydrogens is 410 g/mol. The first-order valence-electron chi connectivity index (χ1n) is 10.1. The highest BCUT2D eigenvalue weighted by Crippen LogP contribution is 2.30. The van der Waals surface area contributed by atoms with E-state index in [9.17, 15) is 14.9 Å². The second-order valence-corrected chi connectivity index (χ2v) is 7.35. The summed E-state index contributed by atoms with van der Waals surface area (Å²) in [5, 5.41) is 14.0. The Morgan fingerprint density at radius 2 is 1.88 bits per heavy atom. The lowest BCUT2D eigenvalue weighted by Gasteiger charge is -2.08. The van der Waals surface area contributed by atoms with Gasteiger partial charge in [-0.05, 0) is 74.4 Å². The maximum absolute atomic E-state index is 12.6. The predicted molar refractivity (Wildman–Crippen MR) is 121 cm³/mol. The zero-order valence-corrected chi connectivity index (χ0v) is 17.8. The molecule has 0 atom stereocenters. The van der Waals surface area contributed by atoms with E-state index in [1.54, 1.807) is 31.2 Å². The summed E-state index contributed by atoms with van der Waals surface area (Å²) in [5.74, 6) is 0.160. The molecule has 0 spiro atoms. The van der Waals surface area contributed by atoms with Crippen LogP contribution in [0.2, 0.25) is 0 Å². The number of oxazole rings is 1. The van der Waals surface area contributed by atoms with Crippen molar-refractivity contribution < 1.29 is 18.9 Å². The minimum Gasteiger partial charge on any atom is -0.487 e. The number of nitro groups is 1. The molecule has 1 heterocycles. The molecule has 8 nitrogen and oxygen atoms in total. The van der Waals surface area contributed by atoms with Crippen LogP contribution in [0.5, 0.6) is 5.75 Å². The number of nitrogens with one attached hydrogen (secondary N) is 1. The van der Waals surface area contributed by atoms with Gasteiger partial charge in [-0.2, -0.15) is 0 Å². The van der Waals surface area contributed by atoms with Crippen molar-refractivity contribution in [2.45, 2.75) is 20.8 Å². The van der Waals surface area contributed by atoms with Gasteiger partial charge in [-0.15, -0.1) is 0 Å². The summed E-state index contributed by atoms with van der Waals surface area (Å²) >= 11 is 0. The van der Waals surface area contributed by atoms with E-state index in [-0.39, 0.29) is 23.6 Å². The van der Waals surface area contributed by atoms with Gasteiger partial charge >= 0.3 is 5.69 Å². The number of hydrogen-bond acceptors (Lipinski definition) is 6. The second kappa shape index (κ2) is 8.50. The van der Waals surface area contributed by atoms with Crippen LogP contribution in [-0.2, 0) is 0 Å². The number of nitrogens with zero attached hydrogens (tertiary/aromatic N) is 2. The van der Waals surface area contributed by atoms with Gasteiger partial charge in [0.2, 0.25) is 5.89 Å². The fourth-order valence-corrected chi connectivity index (χ4v) is 3.48. The average Bonchev–Trinajstić information content (AvgIpc) is 3.19. The number of anilines is 1. The van der Waals surface area contributed by atoms with Crippen LogP contribution in [-0.4, -0.2) is 22.4 Å². The molecule has 162 valence electrons. The van der Waals surface area contributed by atoms with Gasteiger partial charge in [-0.3, -0.25) is 14.9 Å². The minimum absolute atomic E-state index is 0.127. The van der Waals surface area contributed by atoms with Gasteiger partial charge in [0.15, 0.2) is 11.3 Å². The van der Waals surface area contributed by atoms with E-state index >= 15 is 0 Å². The van der Waals surface area contributed by atoms with Crippen molar-refractivity contribution in [1.29, 1.82) is 0 Å². The third kappa shape index (κ3) is 4.15. The van der Waals surface area contributed by atoms with Crippen molar-refractivity contribution in [3.05, 3.63) is 81.4 Å². The molecule has 4 rings (SSSR count). The number of ether oxygens (including phenoxy) is 1. The number of carbonyl (C=O) groups excluding carboxylic acids is 1. The Morgan fingerprint density at radius 1 is 1.12 bits per heavy atom. The lowest BCUT2D eigenvalue weighted by atomic mass is 10.1. The number of rotatable bonds is 6. The lowest BCUT2D eigenvalue weighted by Crippen LogP contribution is -2.12. The van der Waals surface area contributed by atoms with Gasteiger partial charge in [-0.25, -0.2) is 4.98 Å². The monoisotopic (exact) mass is 431 g/mol. The van der Waals surface area contributed by atoms with E-state index in [1.807, 2.05) is 26.0 Å². The molecule has 1 N–H and O–H groups in total. The summed E-state index contributed by atoms with van der Waals surface area (Å²) in [6, 6.07) is 15.2. The molecule has 0 saturated heterocycles. The summed E-state index contributed by atoms with van der Waals surface area (Å²) in [5.41, 5.74) is 4.90. The van der Waals surface area contributed by atoms with Crippen LogP contribution < -0.4 is 10.1 Å². The van der Waals surface area contributed by atoms with E-state index < -0.39 is 10.8 Å². The largest absolute Gasteiger partial charge is 0.487 e. The zero-order valence-electron chi connectivity index (χ0n) is 17.8. The highest BCUT2D eigenvalue weighted by atomic mass is 16.6. The summed E-state index contributed by atoms with van der Waals surface area (Å²) < 4.78 is 11.2. The molecule has 0 bridgehead atoms. The molecule has 4 aromatic rings. The highest BCUT2D eigenvalue weighted by molar-refractivity contribution is 6.05. The van der Waals surface area contributed by atoms with Gasteiger partial charge in [0, 0.05) is 22.9 Å². The molecule has 32 heavy (non-hydrogen) atoms. The Bertz CT molecular complexity index is 1330. The smallest absolute Gasteiger partial charge is 0.311 e. The third-order valence-corrected chi connectivity index (χ3v) is 4.93. The molecule has 0 saturated carbocycles. The SMILES string of the molecule is CCOc1ccc(C(=O)Nc2ccc(-c3nc4cc(C)cc(C)c4o3)cc2)cc1[N+](=O)[O-]. The maximum atomic E-state index is 12.6. The number of carbonyl (C=O) groups is 1. The molecule has 0 radical (unpaired) electrons. The van der Waals surface area contributed by atoms with Gasteiger partial charge in [0.1, 0.15) is 5.52 Å². The highest BCUT2D eigenvalue weighted by Gasteiger charge is 2.19. The molecule has 0 fully saturated rings. The minimum atomic E-state index is -0.569. The number of amides is 1. The molecule has 0 aliphatic rings. The first kappa shape index (κ1) is 21.0. The van der Waals surface area contributed by atoms with Crippen molar-refractivity contribution in [2.75, 3.05) is 11.9 Å². The van der Waals surface area contributed by atoms with E-state index in [1.165, 1.54) is 18.2 Å². The normalized spacial score (nSPS) is 10.8. The van der Waals surface area contributed by atoms with Gasteiger partial charge in [0.25, 0.3) is 5.91 Å². The summed E-state index contributed by atoms with van der Waals surface area (Å²) in [6.07, 6.45) is 0. The molecule has 0 aliphatic heterocycles. The Morgan fingerprint density at radius 3 is 2.56 bits per heavy atom. The average molecular weight is 431 g/mol. The van der Waals surface area contributed by atoms with Crippen molar-refractivity contribution >= 4 is 28.4 Å². The van der Waals surface area contributed by atoms with E-state index in [0.29, 0.717) is 11.6 Å². The maximum Gasteiger partial charge on any atom is 0.311 e. The Balaban J connectivity index is 1.54. The topological polar surface area (TPSA) is 108 Å². The van der Waals surface area contributed by atoms with Crippen molar-refractivity contribution in [2.24, 2.45) is 0 Å². The first-order chi connectivity index (χ1) is 15.4. The summed E-state index contributed by atoms with van der Waals surface area (Å²) in [4.78, 5) is 27.9. The first-order valence-corrected chi connectivity index (χ1v) is 10.1. The van der Waals surface area contributed by atoms with Crippen molar-refractivity contribution in [1.82, 2.24) is 4.98 Å². The Hall–Kier alpha value is -4.20. The van der Waals surface area contributed by atoms with Crippen LogP contribution in [0.4, 0.5) is 11.4 Å². The van der Waals surface area contributed by atoms with Crippen LogP contribution in [0.15, 0.2) is 59.0 Å². The fourth-order valence-electron chi connectivity index (χ4n) is 3.48. The standard InChI is InChI=1S/C24H21N3O5/c1-4-31-21-10-7-17(13-20(21)27(29)30)23(28)25-18-8-5-16(6-9-18)24-26-19-12-14(2)11-15(3)22(19)32-24/h5-13H,4H2,1-3H3,(H,25,28). The van der Waals surface area contributed by atoms with Crippen LogP contribution in [0.25, 0.3) is 22.6 Å². The molecule has 1 aromatic heterocycles. The van der Waals surface area contributed by atoms with Gasteiger partial charge in [-0.1, -0.05) is 6.07 Å². The molecule has 0 unspecified atom stereocenters. The van der Waals surface area contributed by atoms with Crippen LogP contribution in [0.1, 0.15) is 28.4 Å². The van der Waals surface area contributed by atoms with E-state index in [4.69, 9.17) is 9.15 Å².